The molecule has 22 heavy (non-hydrogen) atoms. The maximum atomic E-state index is 12.6. The summed E-state index contributed by atoms with van der Waals surface area (Å²) in [6.45, 7) is 2.30. The number of rotatable bonds is 3. The van der Waals surface area contributed by atoms with Crippen LogP contribution in [-0.4, -0.2) is 28.8 Å². The molecule has 1 saturated heterocycles. The largest absolute Gasteiger partial charge is 0.343 e. The molecule has 3 rings (SSSR count). The Morgan fingerprint density at radius 3 is 2.45 bits per heavy atom. The minimum Gasteiger partial charge on any atom is -0.343 e. The van der Waals surface area contributed by atoms with Crippen molar-refractivity contribution in [3.8, 4) is 0 Å². The number of amides is 2. The van der Waals surface area contributed by atoms with Gasteiger partial charge >= 0.3 is 0 Å². The predicted octanol–water partition coefficient (Wildman–Crippen LogP) is 2.48. The molecule has 2 unspecified atom stereocenters. The summed E-state index contributed by atoms with van der Waals surface area (Å²) in [5.41, 5.74) is 1.08. The lowest BCUT2D eigenvalue weighted by Gasteiger charge is -2.42. The fourth-order valence-corrected chi connectivity index (χ4v) is 3.76. The second-order valence-electron chi connectivity index (χ2n) is 6.52. The molecule has 1 saturated carbocycles. The van der Waals surface area contributed by atoms with Crippen LogP contribution in [0.5, 0.6) is 0 Å². The zero-order valence-electron chi connectivity index (χ0n) is 13.1. The van der Waals surface area contributed by atoms with Crippen LogP contribution >= 0.6 is 0 Å². The molecule has 2 fully saturated rings. The Bertz CT molecular complexity index is 537. The Hall–Kier alpha value is -1.84. The first-order chi connectivity index (χ1) is 10.7. The molecule has 1 aromatic rings. The van der Waals surface area contributed by atoms with E-state index in [9.17, 15) is 9.59 Å². The molecule has 2 atom stereocenters. The summed E-state index contributed by atoms with van der Waals surface area (Å²) in [7, 11) is 0. The number of nitrogens with zero attached hydrogens (tertiary/aromatic N) is 1. The van der Waals surface area contributed by atoms with E-state index in [0.717, 1.165) is 31.2 Å². The molecule has 1 aromatic carbocycles. The van der Waals surface area contributed by atoms with Crippen molar-refractivity contribution in [2.24, 2.45) is 5.92 Å². The van der Waals surface area contributed by atoms with E-state index in [1.54, 1.807) is 6.92 Å². The van der Waals surface area contributed by atoms with Gasteiger partial charge < -0.3 is 10.2 Å². The Balaban J connectivity index is 1.85. The molecule has 1 heterocycles. The van der Waals surface area contributed by atoms with E-state index in [0.29, 0.717) is 12.5 Å². The van der Waals surface area contributed by atoms with Gasteiger partial charge in [-0.2, -0.15) is 0 Å². The molecule has 1 aliphatic heterocycles. The van der Waals surface area contributed by atoms with Gasteiger partial charge in [-0.3, -0.25) is 9.59 Å². The first-order valence-corrected chi connectivity index (χ1v) is 8.31. The van der Waals surface area contributed by atoms with Gasteiger partial charge in [0.05, 0.1) is 0 Å². The van der Waals surface area contributed by atoms with E-state index in [2.05, 4.69) is 5.32 Å². The van der Waals surface area contributed by atoms with Crippen molar-refractivity contribution < 1.29 is 9.59 Å². The fraction of sp³-hybridized carbons (Fsp3) is 0.556. The summed E-state index contributed by atoms with van der Waals surface area (Å²) in [6, 6.07) is 9.23. The van der Waals surface area contributed by atoms with Crippen LogP contribution in [0, 0.1) is 5.92 Å². The van der Waals surface area contributed by atoms with Crippen LogP contribution in [0.25, 0.3) is 0 Å². The summed E-state index contributed by atoms with van der Waals surface area (Å²) >= 11 is 0. The molecular weight excluding hydrogens is 276 g/mol. The predicted molar refractivity (Wildman–Crippen MR) is 85.0 cm³/mol. The highest BCUT2D eigenvalue weighted by Crippen LogP contribution is 2.31. The van der Waals surface area contributed by atoms with Crippen molar-refractivity contribution >= 4 is 11.8 Å². The summed E-state index contributed by atoms with van der Waals surface area (Å²) in [5.74, 6) is 0.364. The quantitative estimate of drug-likeness (QED) is 0.932. The molecule has 0 spiro atoms. The molecule has 118 valence electrons. The maximum Gasteiger partial charge on any atom is 0.245 e. The van der Waals surface area contributed by atoms with Crippen LogP contribution in [-0.2, 0) is 16.1 Å². The smallest absolute Gasteiger partial charge is 0.245 e. The van der Waals surface area contributed by atoms with E-state index in [1.165, 1.54) is 6.42 Å². The molecule has 1 N–H and O–H groups in total. The molecular formula is C18H24N2O2. The third-order valence-electron chi connectivity index (χ3n) is 4.91. The molecule has 2 aliphatic rings. The first-order valence-electron chi connectivity index (χ1n) is 8.31. The lowest BCUT2D eigenvalue weighted by molar-refractivity contribution is -0.152. The van der Waals surface area contributed by atoms with Gasteiger partial charge in [-0.25, -0.2) is 0 Å². The van der Waals surface area contributed by atoms with Crippen LogP contribution in [0.1, 0.15) is 44.6 Å². The number of carbonyl (C=O) groups is 2. The monoisotopic (exact) mass is 300 g/mol. The van der Waals surface area contributed by atoms with E-state index in [-0.39, 0.29) is 17.9 Å². The Kier molecular flexibility index (Phi) is 4.46. The lowest BCUT2D eigenvalue weighted by Crippen LogP contribution is -2.64. The zero-order chi connectivity index (χ0) is 15.5. The van der Waals surface area contributed by atoms with Gasteiger partial charge in [0.1, 0.15) is 12.1 Å². The standard InChI is InChI=1S/C18H24N2O2/c1-13-18(22)20(12-14-8-4-2-5-9-14)16(17(21)19-13)15-10-6-3-7-11-15/h2,4-5,8-9,13,15-16H,3,6-7,10-12H2,1H3,(H,19,21). The van der Waals surface area contributed by atoms with Gasteiger partial charge in [-0.1, -0.05) is 49.6 Å². The van der Waals surface area contributed by atoms with Crippen LogP contribution in [0.3, 0.4) is 0 Å². The third-order valence-corrected chi connectivity index (χ3v) is 4.91. The molecule has 4 heteroatoms. The Labute approximate surface area is 131 Å². The van der Waals surface area contributed by atoms with Crippen molar-refractivity contribution in [3.05, 3.63) is 35.9 Å². The van der Waals surface area contributed by atoms with E-state index in [4.69, 9.17) is 0 Å². The maximum absolute atomic E-state index is 12.6. The Morgan fingerprint density at radius 1 is 1.09 bits per heavy atom. The van der Waals surface area contributed by atoms with E-state index < -0.39 is 6.04 Å². The first kappa shape index (κ1) is 15.1. The average molecular weight is 300 g/mol. The number of nitrogens with one attached hydrogen (secondary N) is 1. The summed E-state index contributed by atoms with van der Waals surface area (Å²) in [4.78, 5) is 27.0. The van der Waals surface area contributed by atoms with Gasteiger partial charge in [-0.05, 0) is 31.2 Å². The average Bonchev–Trinajstić information content (AvgIpc) is 2.54. The summed E-state index contributed by atoms with van der Waals surface area (Å²) in [5, 5.41) is 2.86. The van der Waals surface area contributed by atoms with Crippen molar-refractivity contribution in [1.82, 2.24) is 10.2 Å². The number of hydrogen-bond acceptors (Lipinski definition) is 2. The second kappa shape index (κ2) is 6.51. The van der Waals surface area contributed by atoms with Crippen LogP contribution < -0.4 is 5.32 Å². The van der Waals surface area contributed by atoms with Crippen LogP contribution in [0.4, 0.5) is 0 Å². The van der Waals surface area contributed by atoms with Crippen LogP contribution in [0.15, 0.2) is 30.3 Å². The minimum atomic E-state index is -0.420. The zero-order valence-corrected chi connectivity index (χ0v) is 13.1. The van der Waals surface area contributed by atoms with E-state index in [1.807, 2.05) is 35.2 Å². The molecule has 4 nitrogen and oxygen atoms in total. The van der Waals surface area contributed by atoms with Crippen molar-refractivity contribution in [1.29, 1.82) is 0 Å². The highest BCUT2D eigenvalue weighted by molar-refractivity contribution is 5.96. The van der Waals surface area contributed by atoms with Gasteiger partial charge in [0.25, 0.3) is 0 Å². The third kappa shape index (κ3) is 3.01. The summed E-state index contributed by atoms with van der Waals surface area (Å²) < 4.78 is 0. The van der Waals surface area contributed by atoms with Gasteiger partial charge in [0.15, 0.2) is 0 Å². The van der Waals surface area contributed by atoms with Crippen molar-refractivity contribution in [2.75, 3.05) is 0 Å². The van der Waals surface area contributed by atoms with Gasteiger partial charge in [0.2, 0.25) is 11.8 Å². The summed E-state index contributed by atoms with van der Waals surface area (Å²) in [6.07, 6.45) is 5.67. The molecule has 2 amide bonds. The van der Waals surface area contributed by atoms with Crippen molar-refractivity contribution in [3.63, 3.8) is 0 Å². The van der Waals surface area contributed by atoms with E-state index >= 15 is 0 Å². The van der Waals surface area contributed by atoms with Gasteiger partial charge in [0, 0.05) is 6.54 Å². The number of carbonyl (C=O) groups excluding carboxylic acids is 2. The highest BCUT2D eigenvalue weighted by atomic mass is 16.2. The van der Waals surface area contributed by atoms with Crippen molar-refractivity contribution in [2.45, 2.75) is 57.7 Å². The lowest BCUT2D eigenvalue weighted by atomic mass is 9.81. The second-order valence-corrected chi connectivity index (χ2v) is 6.52. The molecule has 0 bridgehead atoms. The fourth-order valence-electron chi connectivity index (χ4n) is 3.76. The Morgan fingerprint density at radius 2 is 1.77 bits per heavy atom. The minimum absolute atomic E-state index is 0.0231. The highest BCUT2D eigenvalue weighted by Gasteiger charge is 2.42. The molecule has 0 radical (unpaired) electrons. The molecule has 1 aliphatic carbocycles. The number of hydrogen-bond donors (Lipinski definition) is 1. The topological polar surface area (TPSA) is 49.4 Å². The van der Waals surface area contributed by atoms with Gasteiger partial charge in [-0.15, -0.1) is 0 Å². The number of piperazine rings is 1. The normalized spacial score (nSPS) is 26.9. The molecule has 0 aromatic heterocycles. The SMILES string of the molecule is CC1NC(=O)C(C2CCCCC2)N(Cc2ccccc2)C1=O. The van der Waals surface area contributed by atoms with Crippen LogP contribution in [0.2, 0.25) is 0 Å². The number of benzene rings is 1.